The monoisotopic (exact) mass is 754 g/mol. The van der Waals surface area contributed by atoms with Crippen molar-refractivity contribution in [3.63, 3.8) is 0 Å². The minimum atomic E-state index is -1.16. The Morgan fingerprint density at radius 2 is 0.963 bits per heavy atom. The molecule has 2 unspecified atom stereocenters. The van der Waals surface area contributed by atoms with Gasteiger partial charge in [-0.3, -0.25) is 9.59 Å². The molecule has 290 valence electrons. The number of ether oxygens (including phenoxy) is 8. The molecule has 54 heavy (non-hydrogen) atoms. The highest BCUT2D eigenvalue weighted by Crippen LogP contribution is 2.11. The largest absolute Gasteiger partial charge is 0.509 e. The lowest BCUT2D eigenvalue weighted by Gasteiger charge is -2.18. The molecule has 0 radical (unpaired) electrons. The average molecular weight is 755 g/mol. The number of aromatic nitrogens is 4. The van der Waals surface area contributed by atoms with Gasteiger partial charge in [-0.15, -0.1) is 0 Å². The van der Waals surface area contributed by atoms with E-state index in [0.29, 0.717) is 24.2 Å². The zero-order chi connectivity index (χ0) is 39.3. The Morgan fingerprint density at radius 3 is 1.30 bits per heavy atom. The summed E-state index contributed by atoms with van der Waals surface area (Å²) in [6.45, 7) is 8.51. The van der Waals surface area contributed by atoms with Crippen LogP contribution in [0.4, 0.5) is 9.59 Å². The third-order valence-corrected chi connectivity index (χ3v) is 6.89. The highest BCUT2D eigenvalue weighted by atomic mass is 16.7. The van der Waals surface area contributed by atoms with Crippen LogP contribution in [0.25, 0.3) is 0 Å². The van der Waals surface area contributed by atoms with Crippen molar-refractivity contribution in [3.05, 3.63) is 97.1 Å². The van der Waals surface area contributed by atoms with Gasteiger partial charge in [0.05, 0.1) is 25.5 Å². The van der Waals surface area contributed by atoms with Crippen LogP contribution in [-0.2, 0) is 83.4 Å². The molecule has 0 amide bonds. The number of nitrogens with zero attached hydrogens (tertiary/aromatic N) is 4. The molecule has 1 aromatic carbocycles. The minimum absolute atomic E-state index is 0.0282. The summed E-state index contributed by atoms with van der Waals surface area (Å²) >= 11 is 0. The number of benzene rings is 1. The van der Waals surface area contributed by atoms with Gasteiger partial charge in [0.25, 0.3) is 0 Å². The van der Waals surface area contributed by atoms with Crippen molar-refractivity contribution in [2.45, 2.75) is 65.2 Å². The number of carbonyl (C=O) groups excluding carboxylic acids is 6. The molecule has 18 nitrogen and oxygen atoms in total. The van der Waals surface area contributed by atoms with Crippen LogP contribution in [-0.4, -0.2) is 93.9 Å². The van der Waals surface area contributed by atoms with Crippen molar-refractivity contribution in [2.24, 2.45) is 0 Å². The van der Waals surface area contributed by atoms with Gasteiger partial charge in [-0.25, -0.2) is 29.1 Å². The maximum Gasteiger partial charge on any atom is 0.509 e. The Bertz CT molecular complexity index is 1580. The van der Waals surface area contributed by atoms with Gasteiger partial charge in [0.15, 0.2) is 12.2 Å². The lowest BCUT2D eigenvalue weighted by Crippen LogP contribution is -2.31. The summed E-state index contributed by atoms with van der Waals surface area (Å²) in [4.78, 5) is 80.8. The molecular formula is C36H42N4O14. The zero-order valence-corrected chi connectivity index (χ0v) is 29.9. The summed E-state index contributed by atoms with van der Waals surface area (Å²) in [5, 5.41) is 0. The number of rotatable bonds is 22. The Balaban J connectivity index is 1.43. The van der Waals surface area contributed by atoms with Gasteiger partial charge in [0, 0.05) is 49.0 Å². The zero-order valence-electron chi connectivity index (χ0n) is 29.9. The smallest absolute Gasteiger partial charge is 0.462 e. The quantitative estimate of drug-likeness (QED) is 0.0814. The van der Waals surface area contributed by atoms with Crippen molar-refractivity contribution in [1.29, 1.82) is 0 Å². The molecule has 0 aliphatic rings. The van der Waals surface area contributed by atoms with Crippen molar-refractivity contribution in [2.75, 3.05) is 26.4 Å². The van der Waals surface area contributed by atoms with Crippen molar-refractivity contribution in [1.82, 2.24) is 19.1 Å². The molecule has 3 rings (SSSR count). The van der Waals surface area contributed by atoms with Crippen molar-refractivity contribution >= 4 is 36.2 Å². The van der Waals surface area contributed by atoms with E-state index in [1.165, 1.54) is 13.8 Å². The number of aryl methyl sites for hydroxylation is 2. The van der Waals surface area contributed by atoms with Gasteiger partial charge >= 0.3 is 36.2 Å². The van der Waals surface area contributed by atoms with Crippen molar-refractivity contribution < 1.29 is 66.7 Å². The Kier molecular flexibility index (Phi) is 17.5. The summed E-state index contributed by atoms with van der Waals surface area (Å²) in [6, 6.07) is 6.42. The van der Waals surface area contributed by atoms with E-state index in [1.54, 1.807) is 70.8 Å². The van der Waals surface area contributed by atoms with Gasteiger partial charge < -0.3 is 47.0 Å². The summed E-state index contributed by atoms with van der Waals surface area (Å²) in [5.41, 5.74) is 1.34. The predicted molar refractivity (Wildman–Crippen MR) is 184 cm³/mol. The summed E-state index contributed by atoms with van der Waals surface area (Å²) in [5.74, 6) is -2.58. The van der Waals surface area contributed by atoms with Crippen LogP contribution in [0.2, 0.25) is 0 Å². The average Bonchev–Trinajstić information content (AvgIpc) is 3.89. The Hall–Kier alpha value is -6.46. The number of hydrogen-bond donors (Lipinski definition) is 0. The maximum absolute atomic E-state index is 12.5. The first-order valence-corrected chi connectivity index (χ1v) is 16.5. The first kappa shape index (κ1) is 42.0. The summed E-state index contributed by atoms with van der Waals surface area (Å²) in [7, 11) is 0. The van der Waals surface area contributed by atoms with E-state index in [9.17, 15) is 28.8 Å². The number of carbonyl (C=O) groups is 6. The molecule has 0 spiro atoms. The first-order chi connectivity index (χ1) is 25.9. The van der Waals surface area contributed by atoms with Gasteiger partial charge in [0.2, 0.25) is 0 Å². The number of imidazole rings is 2. The molecule has 0 aliphatic carbocycles. The van der Waals surface area contributed by atoms with Crippen LogP contribution >= 0.6 is 0 Å². The van der Waals surface area contributed by atoms with Crippen LogP contribution < -0.4 is 0 Å². The van der Waals surface area contributed by atoms with E-state index >= 15 is 0 Å². The molecular weight excluding hydrogens is 712 g/mol. The fraction of sp³-hybridized carbons (Fsp3) is 0.389. The van der Waals surface area contributed by atoms with E-state index in [4.69, 9.17) is 37.9 Å². The van der Waals surface area contributed by atoms with Gasteiger partial charge in [0.1, 0.15) is 39.6 Å². The topological polar surface area (TPSA) is 212 Å². The van der Waals surface area contributed by atoms with E-state index in [-0.39, 0.29) is 37.2 Å². The van der Waals surface area contributed by atoms with E-state index in [0.717, 1.165) is 0 Å². The van der Waals surface area contributed by atoms with Crippen LogP contribution in [0, 0.1) is 0 Å². The summed E-state index contributed by atoms with van der Waals surface area (Å²) in [6.07, 6.45) is 5.14. The van der Waals surface area contributed by atoms with Crippen LogP contribution in [0.5, 0.6) is 0 Å². The maximum atomic E-state index is 12.5. The molecule has 3 aromatic rings. The molecule has 2 heterocycles. The Labute approximate surface area is 310 Å². The molecule has 2 aromatic heterocycles. The Morgan fingerprint density at radius 1 is 0.593 bits per heavy atom. The molecule has 18 heteroatoms. The SMILES string of the molecule is C=C(C)C(=O)OCC(COC(=O)CCn1ccnc1)OC(=O)OCc1ccc(COC(=O)OC(COC(=O)CCn2ccnc2)COC(=O)C(=C)C)cc1. The molecule has 0 saturated carbocycles. The van der Waals surface area contributed by atoms with Gasteiger partial charge in [-0.05, 0) is 25.0 Å². The molecule has 0 fully saturated rings. The minimum Gasteiger partial charge on any atom is -0.462 e. The third-order valence-electron chi connectivity index (χ3n) is 6.89. The van der Waals surface area contributed by atoms with Crippen LogP contribution in [0.15, 0.2) is 86.0 Å². The van der Waals surface area contributed by atoms with Gasteiger partial charge in [-0.1, -0.05) is 37.4 Å². The fourth-order valence-electron chi connectivity index (χ4n) is 3.97. The van der Waals surface area contributed by atoms with Crippen molar-refractivity contribution in [3.8, 4) is 0 Å². The number of esters is 4. The predicted octanol–water partition coefficient (Wildman–Crippen LogP) is 3.63. The van der Waals surface area contributed by atoms with E-state index in [2.05, 4.69) is 23.1 Å². The fourth-order valence-corrected chi connectivity index (χ4v) is 3.97. The van der Waals surface area contributed by atoms with Crippen LogP contribution in [0.3, 0.4) is 0 Å². The first-order valence-electron chi connectivity index (χ1n) is 16.5. The molecule has 0 N–H and O–H groups in total. The molecule has 2 atom stereocenters. The van der Waals surface area contributed by atoms with Gasteiger partial charge in [-0.2, -0.15) is 0 Å². The third kappa shape index (κ3) is 16.7. The number of hydrogen-bond acceptors (Lipinski definition) is 16. The lowest BCUT2D eigenvalue weighted by atomic mass is 10.1. The second-order valence-electron chi connectivity index (χ2n) is 11.6. The highest BCUT2D eigenvalue weighted by molar-refractivity contribution is 5.87. The standard InChI is InChI=1S/C36H42N4O14/c1-25(2)33(43)49-21-29(19-47-31(41)9-13-39-15-11-37-23-39)53-35(45)51-17-27-5-7-28(8-6-27)18-52-36(46)54-30(22-50-34(44)26(3)4)20-48-32(42)10-14-40-16-12-38-24-40/h5-8,11-12,15-16,23-24,29-30H,1,3,9-10,13-14,17-22H2,2,4H3. The van der Waals surface area contributed by atoms with Crippen LogP contribution in [0.1, 0.15) is 37.8 Å². The van der Waals surface area contributed by atoms with E-state index < -0.39 is 74.8 Å². The second kappa shape index (κ2) is 22.5. The molecule has 0 aliphatic heterocycles. The normalized spacial score (nSPS) is 11.6. The van der Waals surface area contributed by atoms with E-state index in [1.807, 2.05) is 0 Å². The lowest BCUT2D eigenvalue weighted by molar-refractivity contribution is -0.153. The molecule has 0 bridgehead atoms. The summed E-state index contributed by atoms with van der Waals surface area (Å²) < 4.78 is 44.7. The second-order valence-corrected chi connectivity index (χ2v) is 11.6. The highest BCUT2D eigenvalue weighted by Gasteiger charge is 2.22. The molecule has 0 saturated heterocycles.